The Bertz CT molecular complexity index is 252. The zero-order valence-corrected chi connectivity index (χ0v) is 8.27. The van der Waals surface area contributed by atoms with Crippen LogP contribution < -0.4 is 4.74 Å². The second kappa shape index (κ2) is 5.86. The Kier molecular flexibility index (Phi) is 4.68. The quantitative estimate of drug-likeness (QED) is 0.568. The van der Waals surface area contributed by atoms with Crippen molar-refractivity contribution in [3.05, 3.63) is 30.1 Å². The Balaban J connectivity index is 2.28. The van der Waals surface area contributed by atoms with Gasteiger partial charge in [0.25, 0.3) is 0 Å². The van der Waals surface area contributed by atoms with Gasteiger partial charge in [-0.1, -0.05) is 6.07 Å². The molecule has 0 aliphatic carbocycles. The highest BCUT2D eigenvalue weighted by atomic mass is 32.1. The highest BCUT2D eigenvalue weighted by Gasteiger charge is 1.94. The molecular formula is C10H13FOS. The number of ether oxygens (including phenoxy) is 1. The second-order valence-electron chi connectivity index (χ2n) is 2.74. The largest absolute Gasteiger partial charge is 0.493 e. The van der Waals surface area contributed by atoms with Gasteiger partial charge in [0.15, 0.2) is 0 Å². The molecule has 0 amide bonds. The Morgan fingerprint density at radius 2 is 2.15 bits per heavy atom. The van der Waals surface area contributed by atoms with Crippen molar-refractivity contribution in [1.82, 2.24) is 0 Å². The zero-order valence-electron chi connectivity index (χ0n) is 7.37. The van der Waals surface area contributed by atoms with Gasteiger partial charge >= 0.3 is 0 Å². The molecule has 0 aliphatic rings. The minimum Gasteiger partial charge on any atom is -0.493 e. The fourth-order valence-electron chi connectivity index (χ4n) is 0.961. The first-order valence-corrected chi connectivity index (χ1v) is 4.95. The molecule has 0 unspecified atom stereocenters. The van der Waals surface area contributed by atoms with Crippen LogP contribution >= 0.6 is 12.6 Å². The number of halogens is 1. The third kappa shape index (κ3) is 4.18. The van der Waals surface area contributed by atoms with E-state index in [-0.39, 0.29) is 5.82 Å². The normalized spacial score (nSPS) is 10.0. The predicted octanol–water partition coefficient (Wildman–Crippen LogP) is 2.91. The van der Waals surface area contributed by atoms with Crippen LogP contribution in [-0.2, 0) is 0 Å². The van der Waals surface area contributed by atoms with Gasteiger partial charge in [-0.3, -0.25) is 0 Å². The second-order valence-corrected chi connectivity index (χ2v) is 3.18. The van der Waals surface area contributed by atoms with Crippen LogP contribution in [0.3, 0.4) is 0 Å². The van der Waals surface area contributed by atoms with Crippen molar-refractivity contribution in [3.8, 4) is 5.75 Å². The lowest BCUT2D eigenvalue weighted by molar-refractivity contribution is 0.308. The zero-order chi connectivity index (χ0) is 9.52. The third-order valence-electron chi connectivity index (χ3n) is 1.62. The van der Waals surface area contributed by atoms with Gasteiger partial charge in [-0.05, 0) is 30.7 Å². The number of thiol groups is 1. The molecule has 0 saturated carbocycles. The van der Waals surface area contributed by atoms with Crippen molar-refractivity contribution in [2.24, 2.45) is 0 Å². The van der Waals surface area contributed by atoms with Crippen LogP contribution in [0.25, 0.3) is 0 Å². The lowest BCUT2D eigenvalue weighted by Gasteiger charge is -2.04. The number of hydrogen-bond donors (Lipinski definition) is 1. The molecule has 0 aromatic heterocycles. The molecule has 1 aromatic carbocycles. The van der Waals surface area contributed by atoms with Crippen LogP contribution in [0.4, 0.5) is 4.39 Å². The summed E-state index contributed by atoms with van der Waals surface area (Å²) in [7, 11) is 0. The van der Waals surface area contributed by atoms with Gasteiger partial charge in [0.05, 0.1) is 6.61 Å². The summed E-state index contributed by atoms with van der Waals surface area (Å²) < 4.78 is 18.0. The molecule has 1 rings (SSSR count). The number of rotatable bonds is 5. The van der Waals surface area contributed by atoms with Gasteiger partial charge in [0, 0.05) is 6.07 Å². The summed E-state index contributed by atoms with van der Waals surface area (Å²) in [5.41, 5.74) is 0. The van der Waals surface area contributed by atoms with Crippen LogP contribution in [0.15, 0.2) is 24.3 Å². The first-order chi connectivity index (χ1) is 6.33. The molecule has 1 aromatic rings. The van der Waals surface area contributed by atoms with E-state index in [2.05, 4.69) is 12.6 Å². The predicted molar refractivity (Wildman–Crippen MR) is 55.0 cm³/mol. The number of unbranched alkanes of at least 4 members (excludes halogenated alkanes) is 1. The lowest BCUT2D eigenvalue weighted by Crippen LogP contribution is -1.97. The molecule has 0 aliphatic heterocycles. The molecule has 0 atom stereocenters. The van der Waals surface area contributed by atoms with Crippen molar-refractivity contribution < 1.29 is 9.13 Å². The molecule has 0 fully saturated rings. The Morgan fingerprint density at radius 3 is 2.85 bits per heavy atom. The first-order valence-electron chi connectivity index (χ1n) is 4.32. The van der Waals surface area contributed by atoms with Crippen molar-refractivity contribution in [3.63, 3.8) is 0 Å². The van der Waals surface area contributed by atoms with Crippen LogP contribution in [0.1, 0.15) is 12.8 Å². The Morgan fingerprint density at radius 1 is 1.31 bits per heavy atom. The van der Waals surface area contributed by atoms with Crippen molar-refractivity contribution in [2.75, 3.05) is 12.4 Å². The van der Waals surface area contributed by atoms with E-state index in [9.17, 15) is 4.39 Å². The minimum atomic E-state index is -0.258. The maximum Gasteiger partial charge on any atom is 0.126 e. The van der Waals surface area contributed by atoms with Gasteiger partial charge in [0.1, 0.15) is 11.6 Å². The van der Waals surface area contributed by atoms with E-state index < -0.39 is 0 Å². The molecule has 0 saturated heterocycles. The van der Waals surface area contributed by atoms with Crippen molar-refractivity contribution >= 4 is 12.6 Å². The summed E-state index contributed by atoms with van der Waals surface area (Å²) in [5.74, 6) is 1.21. The topological polar surface area (TPSA) is 9.23 Å². The van der Waals surface area contributed by atoms with Gasteiger partial charge in [0.2, 0.25) is 0 Å². The maximum atomic E-state index is 12.7. The molecule has 72 valence electrons. The summed E-state index contributed by atoms with van der Waals surface area (Å²) in [4.78, 5) is 0. The fraction of sp³-hybridized carbons (Fsp3) is 0.400. The highest BCUT2D eigenvalue weighted by Crippen LogP contribution is 2.12. The molecule has 0 N–H and O–H groups in total. The smallest absolute Gasteiger partial charge is 0.126 e. The summed E-state index contributed by atoms with van der Waals surface area (Å²) >= 11 is 4.08. The van der Waals surface area contributed by atoms with Crippen molar-refractivity contribution in [2.45, 2.75) is 12.8 Å². The standard InChI is InChI=1S/C10H13FOS/c11-9-4-3-5-10(8-9)12-6-1-2-7-13/h3-5,8,13H,1-2,6-7H2. The third-order valence-corrected chi connectivity index (χ3v) is 1.93. The molecule has 0 bridgehead atoms. The van der Waals surface area contributed by atoms with E-state index in [1.165, 1.54) is 12.1 Å². The van der Waals surface area contributed by atoms with Gasteiger partial charge in [-0.2, -0.15) is 12.6 Å². The van der Waals surface area contributed by atoms with E-state index in [0.29, 0.717) is 12.4 Å². The number of hydrogen-bond acceptors (Lipinski definition) is 2. The van der Waals surface area contributed by atoms with E-state index >= 15 is 0 Å². The number of benzene rings is 1. The summed E-state index contributed by atoms with van der Waals surface area (Å²) in [6.07, 6.45) is 1.98. The highest BCUT2D eigenvalue weighted by molar-refractivity contribution is 7.80. The fourth-order valence-corrected chi connectivity index (χ4v) is 1.18. The average Bonchev–Trinajstić information content (AvgIpc) is 2.13. The van der Waals surface area contributed by atoms with Crippen LogP contribution in [0.2, 0.25) is 0 Å². The van der Waals surface area contributed by atoms with Gasteiger partial charge in [-0.15, -0.1) is 0 Å². The van der Waals surface area contributed by atoms with Gasteiger partial charge in [-0.25, -0.2) is 4.39 Å². The molecular weight excluding hydrogens is 187 g/mol. The SMILES string of the molecule is Fc1cccc(OCCCCS)c1. The summed E-state index contributed by atoms with van der Waals surface area (Å²) in [6.45, 7) is 0.629. The average molecular weight is 200 g/mol. The van der Waals surface area contributed by atoms with Crippen LogP contribution in [0, 0.1) is 5.82 Å². The Hall–Kier alpha value is -0.700. The molecule has 13 heavy (non-hydrogen) atoms. The lowest BCUT2D eigenvalue weighted by atomic mass is 10.3. The Labute approximate surface area is 83.3 Å². The molecule has 3 heteroatoms. The molecule has 1 nitrogen and oxygen atoms in total. The van der Waals surface area contributed by atoms with Gasteiger partial charge < -0.3 is 4.74 Å². The molecule has 0 radical (unpaired) electrons. The monoisotopic (exact) mass is 200 g/mol. The minimum absolute atomic E-state index is 0.258. The summed E-state index contributed by atoms with van der Waals surface area (Å²) in [5, 5.41) is 0. The first kappa shape index (κ1) is 10.4. The van der Waals surface area contributed by atoms with E-state index in [0.717, 1.165) is 18.6 Å². The maximum absolute atomic E-state index is 12.7. The molecule has 0 heterocycles. The van der Waals surface area contributed by atoms with Crippen LogP contribution in [-0.4, -0.2) is 12.4 Å². The van der Waals surface area contributed by atoms with Crippen molar-refractivity contribution in [1.29, 1.82) is 0 Å². The van der Waals surface area contributed by atoms with E-state index in [1.54, 1.807) is 12.1 Å². The van der Waals surface area contributed by atoms with Crippen LogP contribution in [0.5, 0.6) is 5.75 Å². The van der Waals surface area contributed by atoms with E-state index in [1.807, 2.05) is 0 Å². The molecule has 0 spiro atoms. The summed E-state index contributed by atoms with van der Waals surface area (Å²) in [6, 6.07) is 6.19. The van der Waals surface area contributed by atoms with E-state index in [4.69, 9.17) is 4.74 Å².